The van der Waals surface area contributed by atoms with Gasteiger partial charge in [-0.3, -0.25) is 4.79 Å². The predicted octanol–water partition coefficient (Wildman–Crippen LogP) is 3.13. The smallest absolute Gasteiger partial charge is 0.230 e. The maximum Gasteiger partial charge on any atom is 0.230 e. The Kier molecular flexibility index (Phi) is 3.15. The molecule has 0 saturated carbocycles. The second kappa shape index (κ2) is 4.97. The summed E-state index contributed by atoms with van der Waals surface area (Å²) in [4.78, 5) is 16.5. The Morgan fingerprint density at radius 1 is 1.45 bits per heavy atom. The second-order valence-electron chi connectivity index (χ2n) is 5.10. The van der Waals surface area contributed by atoms with Crippen LogP contribution in [0.1, 0.15) is 52.1 Å². The van der Waals surface area contributed by atoms with Crippen LogP contribution in [0.3, 0.4) is 0 Å². The third kappa shape index (κ3) is 1.94. The summed E-state index contributed by atoms with van der Waals surface area (Å²) >= 11 is 0. The molecule has 0 N–H and O–H groups in total. The molecule has 0 aliphatic heterocycles. The molecular weight excluding hydrogens is 250 g/mol. The summed E-state index contributed by atoms with van der Waals surface area (Å²) < 4.78 is 5.17. The highest BCUT2D eigenvalue weighted by molar-refractivity contribution is 6.09. The Balaban J connectivity index is 2.19. The van der Waals surface area contributed by atoms with Crippen molar-refractivity contribution < 1.29 is 9.21 Å². The number of benzene rings is 1. The molecule has 0 amide bonds. The monoisotopic (exact) mass is 265 g/mol. The van der Waals surface area contributed by atoms with Gasteiger partial charge in [-0.15, -0.1) is 6.42 Å². The summed E-state index contributed by atoms with van der Waals surface area (Å²) in [5, 5.41) is 0. The van der Waals surface area contributed by atoms with E-state index in [1.54, 1.807) is 0 Å². The van der Waals surface area contributed by atoms with Gasteiger partial charge < -0.3 is 4.42 Å². The van der Waals surface area contributed by atoms with Crippen LogP contribution in [0.5, 0.6) is 0 Å². The van der Waals surface area contributed by atoms with Crippen molar-refractivity contribution in [2.75, 3.05) is 0 Å². The maximum atomic E-state index is 12.7. The van der Waals surface area contributed by atoms with Gasteiger partial charge in [0.25, 0.3) is 0 Å². The minimum atomic E-state index is -0.113. The van der Waals surface area contributed by atoms with E-state index in [0.717, 1.165) is 36.0 Å². The van der Waals surface area contributed by atoms with Crippen LogP contribution in [0, 0.1) is 12.3 Å². The van der Waals surface area contributed by atoms with Gasteiger partial charge in [-0.05, 0) is 42.9 Å². The molecule has 1 aliphatic rings. The van der Waals surface area contributed by atoms with Crippen LogP contribution in [-0.4, -0.2) is 10.8 Å². The van der Waals surface area contributed by atoms with Crippen LogP contribution in [0.2, 0.25) is 0 Å². The number of ketones is 1. The molecule has 0 saturated heterocycles. The molecule has 1 heterocycles. The van der Waals surface area contributed by atoms with Gasteiger partial charge in [0.1, 0.15) is 0 Å². The molecule has 3 heteroatoms. The summed E-state index contributed by atoms with van der Waals surface area (Å²) in [6.07, 6.45) is 11.3. The van der Waals surface area contributed by atoms with Gasteiger partial charge in [-0.2, -0.15) is 0 Å². The van der Waals surface area contributed by atoms with Crippen molar-refractivity contribution >= 4 is 5.78 Å². The average molecular weight is 265 g/mol. The normalized spacial score (nSPS) is 14.6. The molecule has 3 rings (SSSR count). The van der Waals surface area contributed by atoms with Crippen LogP contribution in [0.25, 0.3) is 0 Å². The lowest BCUT2D eigenvalue weighted by molar-refractivity contribution is 0.101. The fraction of sp³-hybridized carbons (Fsp3) is 0.294. The summed E-state index contributed by atoms with van der Waals surface area (Å²) in [6, 6.07) is 4.08. The third-order valence-corrected chi connectivity index (χ3v) is 3.91. The van der Waals surface area contributed by atoms with Gasteiger partial charge in [0.2, 0.25) is 5.78 Å². The van der Waals surface area contributed by atoms with E-state index in [4.69, 9.17) is 10.8 Å². The zero-order chi connectivity index (χ0) is 14.1. The Morgan fingerprint density at radius 3 is 3.00 bits per heavy atom. The number of hydrogen-bond acceptors (Lipinski definition) is 3. The highest BCUT2D eigenvalue weighted by Crippen LogP contribution is 2.32. The van der Waals surface area contributed by atoms with E-state index in [-0.39, 0.29) is 17.5 Å². The lowest BCUT2D eigenvalue weighted by Crippen LogP contribution is -2.10. The minimum absolute atomic E-state index is 0.0947. The zero-order valence-electron chi connectivity index (χ0n) is 11.3. The highest BCUT2D eigenvalue weighted by Gasteiger charge is 2.26. The molecule has 100 valence electrons. The Labute approximate surface area is 118 Å². The first kappa shape index (κ1) is 12.7. The van der Waals surface area contributed by atoms with Crippen LogP contribution >= 0.6 is 0 Å². The Bertz CT molecular complexity index is 693. The number of hydrogen-bond donors (Lipinski definition) is 0. The minimum Gasteiger partial charge on any atom is -0.440 e. The first-order chi connectivity index (χ1) is 9.72. The van der Waals surface area contributed by atoms with Gasteiger partial charge in [0.15, 0.2) is 12.2 Å². The van der Waals surface area contributed by atoms with E-state index in [1.165, 1.54) is 18.2 Å². The first-order valence-corrected chi connectivity index (χ1v) is 6.76. The average Bonchev–Trinajstić information content (AvgIpc) is 3.14. The van der Waals surface area contributed by atoms with Gasteiger partial charge in [-0.25, -0.2) is 4.98 Å². The van der Waals surface area contributed by atoms with E-state index in [2.05, 4.69) is 17.0 Å². The molecule has 3 nitrogen and oxygen atoms in total. The van der Waals surface area contributed by atoms with Crippen LogP contribution in [-0.2, 0) is 12.8 Å². The number of fused-ring (bicyclic) bond motifs is 1. The molecule has 0 spiro atoms. The molecule has 2 aromatic rings. The van der Waals surface area contributed by atoms with Crippen molar-refractivity contribution in [3.63, 3.8) is 0 Å². The van der Waals surface area contributed by atoms with E-state index in [1.807, 2.05) is 13.0 Å². The largest absolute Gasteiger partial charge is 0.440 e. The molecule has 20 heavy (non-hydrogen) atoms. The van der Waals surface area contributed by atoms with E-state index >= 15 is 0 Å². The van der Waals surface area contributed by atoms with E-state index in [0.29, 0.717) is 0 Å². The molecule has 1 atom stereocenters. The summed E-state index contributed by atoms with van der Waals surface area (Å²) in [5.41, 5.74) is 4.02. The lowest BCUT2D eigenvalue weighted by Gasteiger charge is -2.15. The van der Waals surface area contributed by atoms with Gasteiger partial charge in [0, 0.05) is 11.5 Å². The van der Waals surface area contributed by atoms with Crippen LogP contribution in [0.4, 0.5) is 0 Å². The highest BCUT2D eigenvalue weighted by atomic mass is 16.3. The van der Waals surface area contributed by atoms with Crippen molar-refractivity contribution in [3.8, 4) is 12.3 Å². The lowest BCUT2D eigenvalue weighted by atomic mass is 9.88. The van der Waals surface area contributed by atoms with Gasteiger partial charge in [-0.1, -0.05) is 18.1 Å². The maximum absolute atomic E-state index is 12.7. The second-order valence-corrected chi connectivity index (χ2v) is 5.10. The SMILES string of the molecule is C#CC(C)c1ccc2c(c1C(=O)c1cnco1)CCC2. The number of terminal acetylenes is 1. The van der Waals surface area contributed by atoms with Crippen molar-refractivity contribution in [3.05, 3.63) is 52.7 Å². The quantitative estimate of drug-likeness (QED) is 0.632. The molecule has 0 bridgehead atoms. The molecule has 1 aromatic carbocycles. The standard InChI is InChI=1S/C17H15NO2/c1-3-11(2)13-8-7-12-5-4-6-14(12)16(13)17(19)15-9-18-10-20-15/h1,7-11H,4-6H2,2H3. The number of nitrogens with zero attached hydrogens (tertiary/aromatic N) is 1. The molecular formula is C17H15NO2. The molecule has 0 fully saturated rings. The molecule has 1 aliphatic carbocycles. The Morgan fingerprint density at radius 2 is 2.30 bits per heavy atom. The van der Waals surface area contributed by atoms with Crippen molar-refractivity contribution in [1.29, 1.82) is 0 Å². The predicted molar refractivity (Wildman–Crippen MR) is 75.7 cm³/mol. The third-order valence-electron chi connectivity index (χ3n) is 3.91. The van der Waals surface area contributed by atoms with Crippen LogP contribution < -0.4 is 0 Å². The summed E-state index contributed by atoms with van der Waals surface area (Å²) in [7, 11) is 0. The number of carbonyl (C=O) groups is 1. The van der Waals surface area contributed by atoms with Crippen molar-refractivity contribution in [1.82, 2.24) is 4.98 Å². The van der Waals surface area contributed by atoms with Crippen molar-refractivity contribution in [2.45, 2.75) is 32.1 Å². The van der Waals surface area contributed by atoms with Crippen LogP contribution in [0.15, 0.2) is 29.1 Å². The van der Waals surface area contributed by atoms with Crippen molar-refractivity contribution in [2.24, 2.45) is 0 Å². The number of aryl methyl sites for hydroxylation is 1. The number of rotatable bonds is 3. The zero-order valence-corrected chi connectivity index (χ0v) is 11.3. The van der Waals surface area contributed by atoms with E-state index in [9.17, 15) is 4.79 Å². The fourth-order valence-electron chi connectivity index (χ4n) is 2.85. The molecule has 0 radical (unpaired) electrons. The molecule has 1 aromatic heterocycles. The number of aromatic nitrogens is 1. The first-order valence-electron chi connectivity index (χ1n) is 6.76. The number of carbonyl (C=O) groups excluding carboxylic acids is 1. The van der Waals surface area contributed by atoms with Gasteiger partial charge in [0.05, 0.1) is 6.20 Å². The number of oxazole rings is 1. The van der Waals surface area contributed by atoms with E-state index < -0.39 is 0 Å². The molecule has 1 unspecified atom stereocenters. The summed E-state index contributed by atoms with van der Waals surface area (Å²) in [6.45, 7) is 1.94. The fourth-order valence-corrected chi connectivity index (χ4v) is 2.85. The summed E-state index contributed by atoms with van der Waals surface area (Å²) in [5.74, 6) is 2.78. The van der Waals surface area contributed by atoms with Gasteiger partial charge >= 0.3 is 0 Å². The Hall–Kier alpha value is -2.34. The topological polar surface area (TPSA) is 43.1 Å².